The van der Waals surface area contributed by atoms with E-state index in [1.54, 1.807) is 4.90 Å². The predicted octanol–water partition coefficient (Wildman–Crippen LogP) is 11.0. The Kier molecular flexibility index (Phi) is 33.8. The number of unbranched alkanes of at least 4 members (excludes halogenated alkanes) is 17. The van der Waals surface area contributed by atoms with Crippen molar-refractivity contribution in [2.75, 3.05) is 39.9 Å². The van der Waals surface area contributed by atoms with Crippen LogP contribution in [-0.4, -0.2) is 84.8 Å². The Morgan fingerprint density at radius 3 is 1.65 bits per heavy atom. The molecule has 1 rings (SSSR count). The van der Waals surface area contributed by atoms with Crippen LogP contribution in [0.2, 0.25) is 0 Å². The van der Waals surface area contributed by atoms with Gasteiger partial charge in [0.2, 0.25) is 5.91 Å². The summed E-state index contributed by atoms with van der Waals surface area (Å²) < 4.78 is 11.4. The van der Waals surface area contributed by atoms with E-state index in [9.17, 15) is 14.4 Å². The first-order valence-electron chi connectivity index (χ1n) is 22.5. The Morgan fingerprint density at radius 1 is 0.636 bits per heavy atom. The van der Waals surface area contributed by atoms with Crippen LogP contribution in [-0.2, 0) is 23.9 Å². The molecule has 8 nitrogen and oxygen atoms in total. The molecular formula is C47H82N2O6. The molecular weight excluding hydrogens is 689 g/mol. The second-order valence-electron chi connectivity index (χ2n) is 15.4. The topological polar surface area (TPSA) is 96.4 Å². The van der Waals surface area contributed by atoms with Crippen molar-refractivity contribution in [3.05, 3.63) is 48.6 Å². The lowest BCUT2D eigenvalue weighted by Crippen LogP contribution is -2.41. The van der Waals surface area contributed by atoms with Crippen LogP contribution in [0.15, 0.2) is 48.6 Å². The number of aliphatic hydroxyl groups is 1. The lowest BCUT2D eigenvalue weighted by atomic mass is 10.1. The largest absolute Gasteiger partial charge is 0.464 e. The van der Waals surface area contributed by atoms with Gasteiger partial charge in [0, 0.05) is 25.9 Å². The number of carbonyl (C=O) groups excluding carboxylic acids is 3. The Hall–Kier alpha value is -2.71. The number of amides is 1. The van der Waals surface area contributed by atoms with Crippen molar-refractivity contribution in [3.8, 4) is 0 Å². The molecule has 2 atom stereocenters. The van der Waals surface area contributed by atoms with Gasteiger partial charge < -0.3 is 24.4 Å². The lowest BCUT2D eigenvalue weighted by Gasteiger charge is -2.23. The monoisotopic (exact) mass is 771 g/mol. The molecule has 1 aliphatic rings. The quantitative estimate of drug-likeness (QED) is 0.0385. The number of likely N-dealkylation sites (tertiary alicyclic amines) is 1. The first-order valence-corrected chi connectivity index (χ1v) is 22.5. The number of aliphatic hydroxyl groups excluding tert-OH is 1. The lowest BCUT2D eigenvalue weighted by molar-refractivity contribution is -0.153. The SMILES string of the molecule is CCCCC/C=C\C/C=C\CCCCCCCCOC(=O)C1CC(OC(=O)CCN(C)CCO)CN1C(=O)CCCCCCC/C=C\C/C=C\CCCCC. The Balaban J connectivity index is 2.38. The standard InChI is InChI=1S/C47H82N2O6/c1-4-6-8-10-12-14-16-18-20-22-24-26-28-30-32-34-40-54-47(53)44-41-43(55-46(52)36-37-48(3)38-39-50)42-49(44)45(51)35-33-31-29-27-25-23-21-19-17-15-13-11-9-7-5-2/h12-15,18-21,43-44,50H,4-11,16-17,22-42H2,1-3H3/b14-12-,15-13-,20-18-,21-19-. The Morgan fingerprint density at radius 2 is 1.13 bits per heavy atom. The summed E-state index contributed by atoms with van der Waals surface area (Å²) in [6.07, 6.45) is 44.6. The number of ether oxygens (including phenoxy) is 2. The molecule has 8 heteroatoms. The van der Waals surface area contributed by atoms with Crippen molar-refractivity contribution in [1.82, 2.24) is 9.80 Å². The van der Waals surface area contributed by atoms with E-state index in [2.05, 4.69) is 62.5 Å². The normalized spacial score (nSPS) is 16.2. The van der Waals surface area contributed by atoms with Crippen molar-refractivity contribution in [2.45, 2.75) is 193 Å². The van der Waals surface area contributed by atoms with Crippen LogP contribution in [0, 0.1) is 0 Å². The molecule has 0 spiro atoms. The molecule has 0 aromatic carbocycles. The van der Waals surface area contributed by atoms with Crippen LogP contribution in [0.3, 0.4) is 0 Å². The zero-order valence-corrected chi connectivity index (χ0v) is 35.6. The molecule has 0 aromatic rings. The summed E-state index contributed by atoms with van der Waals surface area (Å²) >= 11 is 0. The van der Waals surface area contributed by atoms with Crippen molar-refractivity contribution < 1.29 is 29.0 Å². The molecule has 0 aliphatic carbocycles. The highest BCUT2D eigenvalue weighted by atomic mass is 16.5. The van der Waals surface area contributed by atoms with Gasteiger partial charge in [-0.3, -0.25) is 9.59 Å². The molecule has 1 N–H and O–H groups in total. The summed E-state index contributed by atoms with van der Waals surface area (Å²) in [6.45, 7) is 6.02. The number of carbonyl (C=O) groups is 3. The van der Waals surface area contributed by atoms with Gasteiger partial charge >= 0.3 is 11.9 Å². The summed E-state index contributed by atoms with van der Waals surface area (Å²) in [5.41, 5.74) is 0. The molecule has 55 heavy (non-hydrogen) atoms. The minimum atomic E-state index is -0.718. The van der Waals surface area contributed by atoms with Gasteiger partial charge in [0.15, 0.2) is 0 Å². The summed E-state index contributed by atoms with van der Waals surface area (Å²) in [5.74, 6) is -0.814. The molecule has 1 heterocycles. The molecule has 2 unspecified atom stereocenters. The van der Waals surface area contributed by atoms with Gasteiger partial charge in [-0.15, -0.1) is 0 Å². The number of allylic oxidation sites excluding steroid dienone is 8. The first kappa shape index (κ1) is 50.3. The van der Waals surface area contributed by atoms with E-state index in [4.69, 9.17) is 14.6 Å². The maximum atomic E-state index is 13.4. The van der Waals surface area contributed by atoms with Crippen LogP contribution >= 0.6 is 0 Å². The smallest absolute Gasteiger partial charge is 0.329 e. The van der Waals surface area contributed by atoms with Gasteiger partial charge in [-0.1, -0.05) is 133 Å². The molecule has 0 saturated carbocycles. The zero-order chi connectivity index (χ0) is 40.0. The average Bonchev–Trinajstić information content (AvgIpc) is 3.60. The maximum Gasteiger partial charge on any atom is 0.329 e. The first-order chi connectivity index (χ1) is 26.9. The Labute approximate surface area is 337 Å². The summed E-state index contributed by atoms with van der Waals surface area (Å²) in [5, 5.41) is 9.12. The van der Waals surface area contributed by atoms with E-state index >= 15 is 0 Å². The van der Waals surface area contributed by atoms with E-state index in [1.807, 2.05) is 11.9 Å². The molecule has 1 amide bonds. The van der Waals surface area contributed by atoms with E-state index in [1.165, 1.54) is 70.6 Å². The third kappa shape index (κ3) is 29.2. The van der Waals surface area contributed by atoms with Crippen LogP contribution < -0.4 is 0 Å². The fourth-order valence-electron chi connectivity index (χ4n) is 6.78. The van der Waals surface area contributed by atoms with Crippen molar-refractivity contribution in [3.63, 3.8) is 0 Å². The minimum Gasteiger partial charge on any atom is -0.464 e. The summed E-state index contributed by atoms with van der Waals surface area (Å²) in [6, 6.07) is -0.718. The van der Waals surface area contributed by atoms with E-state index < -0.39 is 18.1 Å². The zero-order valence-electron chi connectivity index (χ0n) is 35.6. The van der Waals surface area contributed by atoms with E-state index in [-0.39, 0.29) is 37.9 Å². The summed E-state index contributed by atoms with van der Waals surface area (Å²) in [4.78, 5) is 42.7. The highest BCUT2D eigenvalue weighted by Crippen LogP contribution is 2.24. The molecule has 1 saturated heterocycles. The highest BCUT2D eigenvalue weighted by molar-refractivity contribution is 5.85. The number of likely N-dealkylation sites (N-methyl/N-ethyl adjacent to an activating group) is 1. The van der Waals surface area contributed by atoms with Crippen LogP contribution in [0.1, 0.15) is 181 Å². The van der Waals surface area contributed by atoms with E-state index in [0.29, 0.717) is 26.1 Å². The van der Waals surface area contributed by atoms with Crippen molar-refractivity contribution >= 4 is 17.8 Å². The van der Waals surface area contributed by atoms with E-state index in [0.717, 1.165) is 77.0 Å². The van der Waals surface area contributed by atoms with Crippen molar-refractivity contribution in [1.29, 1.82) is 0 Å². The van der Waals surface area contributed by atoms with Gasteiger partial charge in [-0.25, -0.2) is 4.79 Å². The highest BCUT2D eigenvalue weighted by Gasteiger charge is 2.42. The average molecular weight is 771 g/mol. The minimum absolute atomic E-state index is 0.0271. The van der Waals surface area contributed by atoms with Gasteiger partial charge in [0.05, 0.1) is 26.2 Å². The fourth-order valence-corrected chi connectivity index (χ4v) is 6.78. The Bertz CT molecular complexity index is 1070. The molecule has 1 fully saturated rings. The molecule has 0 radical (unpaired) electrons. The number of esters is 2. The number of hydrogen-bond donors (Lipinski definition) is 1. The molecule has 0 bridgehead atoms. The molecule has 1 aliphatic heterocycles. The molecule has 0 aromatic heterocycles. The van der Waals surface area contributed by atoms with Gasteiger partial charge in [0.1, 0.15) is 12.1 Å². The van der Waals surface area contributed by atoms with Crippen LogP contribution in [0.5, 0.6) is 0 Å². The van der Waals surface area contributed by atoms with Gasteiger partial charge in [0.25, 0.3) is 0 Å². The van der Waals surface area contributed by atoms with Crippen molar-refractivity contribution in [2.24, 2.45) is 0 Å². The summed E-state index contributed by atoms with van der Waals surface area (Å²) in [7, 11) is 1.84. The number of nitrogens with zero attached hydrogens (tertiary/aromatic N) is 2. The van der Waals surface area contributed by atoms with Crippen LogP contribution in [0.25, 0.3) is 0 Å². The third-order valence-corrected chi connectivity index (χ3v) is 10.3. The fraction of sp³-hybridized carbons (Fsp3) is 0.766. The predicted molar refractivity (Wildman–Crippen MR) is 229 cm³/mol. The second kappa shape index (κ2) is 36.9. The van der Waals surface area contributed by atoms with Gasteiger partial charge in [-0.2, -0.15) is 0 Å². The third-order valence-electron chi connectivity index (χ3n) is 10.3. The van der Waals surface area contributed by atoms with Crippen LogP contribution in [0.4, 0.5) is 0 Å². The number of hydrogen-bond acceptors (Lipinski definition) is 7. The number of rotatable bonds is 36. The maximum absolute atomic E-state index is 13.4. The second-order valence-corrected chi connectivity index (χ2v) is 15.4. The molecule has 316 valence electrons. The van der Waals surface area contributed by atoms with Gasteiger partial charge in [-0.05, 0) is 84.1 Å².